The van der Waals surface area contributed by atoms with Crippen molar-refractivity contribution >= 4 is 15.7 Å². The molecule has 6 heteroatoms. The molecule has 106 valence electrons. The Balaban J connectivity index is 2.58. The lowest BCUT2D eigenvalue weighted by Gasteiger charge is -2.11. The molecule has 0 saturated heterocycles. The lowest BCUT2D eigenvalue weighted by Crippen LogP contribution is -2.40. The zero-order valence-corrected chi connectivity index (χ0v) is 12.0. The van der Waals surface area contributed by atoms with E-state index in [-0.39, 0.29) is 10.8 Å². The summed E-state index contributed by atoms with van der Waals surface area (Å²) in [7, 11) is -3.18. The molecule has 3 N–H and O–H groups in total. The number of amides is 1. The van der Waals surface area contributed by atoms with Crippen molar-refractivity contribution in [1.29, 1.82) is 0 Å². The summed E-state index contributed by atoms with van der Waals surface area (Å²) in [6.45, 7) is 2.32. The first kappa shape index (κ1) is 15.7. The Hall–Kier alpha value is -1.40. The van der Waals surface area contributed by atoms with Crippen LogP contribution in [0.2, 0.25) is 0 Å². The number of hydrogen-bond donors (Lipinski definition) is 2. The van der Waals surface area contributed by atoms with E-state index in [1.807, 2.05) is 6.92 Å². The molecule has 5 nitrogen and oxygen atoms in total. The topological polar surface area (TPSA) is 89.3 Å². The Labute approximate surface area is 114 Å². The molecule has 1 aromatic carbocycles. The Bertz CT molecular complexity index is 523. The highest BCUT2D eigenvalue weighted by atomic mass is 32.2. The van der Waals surface area contributed by atoms with Crippen LogP contribution < -0.4 is 11.1 Å². The molecular formula is C13H20N2O3S. The zero-order valence-electron chi connectivity index (χ0n) is 11.2. The van der Waals surface area contributed by atoms with Crippen LogP contribution in [-0.4, -0.2) is 26.6 Å². The molecule has 19 heavy (non-hydrogen) atoms. The molecule has 0 heterocycles. The van der Waals surface area contributed by atoms with Gasteiger partial charge in [0.2, 0.25) is 5.91 Å². The average molecular weight is 284 g/mol. The number of carbonyl (C=O) groups is 1. The first-order valence-electron chi connectivity index (χ1n) is 6.17. The summed E-state index contributed by atoms with van der Waals surface area (Å²) in [6.07, 6.45) is 2.67. The standard InChI is InChI=1S/C13H20N2O3S/c1-3-4-12(14)13(16)15-9-10-5-7-11(8-6-10)19(2,17)18/h5-8,12H,3-4,9,14H2,1-2H3,(H,15,16)/t12-/m0/s1. The molecule has 1 aromatic rings. The molecule has 0 fully saturated rings. The quantitative estimate of drug-likeness (QED) is 0.810. The monoisotopic (exact) mass is 284 g/mol. The number of carbonyl (C=O) groups excluding carboxylic acids is 1. The third-order valence-electron chi connectivity index (χ3n) is 2.75. The third-order valence-corrected chi connectivity index (χ3v) is 3.88. The molecule has 0 aliphatic carbocycles. The summed E-state index contributed by atoms with van der Waals surface area (Å²) < 4.78 is 22.6. The van der Waals surface area contributed by atoms with Gasteiger partial charge in [0, 0.05) is 12.8 Å². The van der Waals surface area contributed by atoms with Gasteiger partial charge in [0.25, 0.3) is 0 Å². The molecule has 0 spiro atoms. The van der Waals surface area contributed by atoms with Crippen LogP contribution in [0, 0.1) is 0 Å². The fraction of sp³-hybridized carbons (Fsp3) is 0.462. The summed E-state index contributed by atoms with van der Waals surface area (Å²) in [5.74, 6) is -0.186. The minimum absolute atomic E-state index is 0.186. The summed E-state index contributed by atoms with van der Waals surface area (Å²) >= 11 is 0. The number of hydrogen-bond acceptors (Lipinski definition) is 4. The van der Waals surface area contributed by atoms with E-state index < -0.39 is 15.9 Å². The highest BCUT2D eigenvalue weighted by Crippen LogP contribution is 2.10. The predicted molar refractivity (Wildman–Crippen MR) is 74.3 cm³/mol. The van der Waals surface area contributed by atoms with Gasteiger partial charge in [-0.25, -0.2) is 8.42 Å². The van der Waals surface area contributed by atoms with Gasteiger partial charge < -0.3 is 11.1 Å². The van der Waals surface area contributed by atoms with Crippen LogP contribution in [0.25, 0.3) is 0 Å². The van der Waals surface area contributed by atoms with Crippen molar-refractivity contribution < 1.29 is 13.2 Å². The Morgan fingerprint density at radius 2 is 1.89 bits per heavy atom. The van der Waals surface area contributed by atoms with Crippen LogP contribution in [-0.2, 0) is 21.2 Å². The molecule has 1 amide bonds. The van der Waals surface area contributed by atoms with Crippen LogP contribution in [0.5, 0.6) is 0 Å². The van der Waals surface area contributed by atoms with Crippen LogP contribution in [0.4, 0.5) is 0 Å². The number of nitrogens with two attached hydrogens (primary N) is 1. The van der Waals surface area contributed by atoms with E-state index in [1.54, 1.807) is 12.1 Å². The minimum atomic E-state index is -3.18. The van der Waals surface area contributed by atoms with Crippen molar-refractivity contribution in [2.24, 2.45) is 5.73 Å². The van der Waals surface area contributed by atoms with E-state index in [1.165, 1.54) is 12.1 Å². The molecule has 0 aliphatic heterocycles. The largest absolute Gasteiger partial charge is 0.351 e. The van der Waals surface area contributed by atoms with E-state index in [9.17, 15) is 13.2 Å². The molecule has 0 aliphatic rings. The van der Waals surface area contributed by atoms with Crippen LogP contribution in [0.1, 0.15) is 25.3 Å². The van der Waals surface area contributed by atoms with Gasteiger partial charge >= 0.3 is 0 Å². The lowest BCUT2D eigenvalue weighted by molar-refractivity contribution is -0.122. The van der Waals surface area contributed by atoms with Crippen molar-refractivity contribution in [3.8, 4) is 0 Å². The van der Waals surface area contributed by atoms with Gasteiger partial charge in [-0.2, -0.15) is 0 Å². The van der Waals surface area contributed by atoms with Gasteiger partial charge in [0.05, 0.1) is 10.9 Å². The molecule has 1 atom stereocenters. The molecule has 0 saturated carbocycles. The van der Waals surface area contributed by atoms with Gasteiger partial charge in [-0.3, -0.25) is 4.79 Å². The Morgan fingerprint density at radius 1 is 1.32 bits per heavy atom. The Morgan fingerprint density at radius 3 is 2.37 bits per heavy atom. The summed E-state index contributed by atoms with van der Waals surface area (Å²) in [6, 6.07) is 5.94. The minimum Gasteiger partial charge on any atom is -0.351 e. The number of nitrogens with one attached hydrogen (secondary N) is 1. The maximum atomic E-state index is 11.6. The lowest BCUT2D eigenvalue weighted by atomic mass is 10.1. The van der Waals surface area contributed by atoms with Gasteiger partial charge in [0.15, 0.2) is 9.84 Å². The van der Waals surface area contributed by atoms with E-state index in [0.29, 0.717) is 13.0 Å². The normalized spacial score (nSPS) is 13.0. The molecule has 0 unspecified atom stereocenters. The van der Waals surface area contributed by atoms with E-state index in [4.69, 9.17) is 5.73 Å². The first-order chi connectivity index (χ1) is 8.84. The maximum absolute atomic E-state index is 11.6. The summed E-state index contributed by atoms with van der Waals surface area (Å²) in [4.78, 5) is 11.9. The van der Waals surface area contributed by atoms with Gasteiger partial charge in [0.1, 0.15) is 0 Å². The fourth-order valence-electron chi connectivity index (χ4n) is 1.62. The van der Waals surface area contributed by atoms with Gasteiger partial charge in [-0.05, 0) is 24.1 Å². The van der Waals surface area contributed by atoms with Crippen molar-refractivity contribution in [3.63, 3.8) is 0 Å². The molecule has 0 radical (unpaired) electrons. The Kier molecular flexibility index (Phi) is 5.50. The summed E-state index contributed by atoms with van der Waals surface area (Å²) in [5, 5.41) is 2.73. The zero-order chi connectivity index (χ0) is 14.5. The van der Waals surface area contributed by atoms with Crippen LogP contribution >= 0.6 is 0 Å². The summed E-state index contributed by atoms with van der Waals surface area (Å²) in [5.41, 5.74) is 6.52. The highest BCUT2D eigenvalue weighted by molar-refractivity contribution is 7.90. The predicted octanol–water partition coefficient (Wildman–Crippen LogP) is 0.834. The van der Waals surface area contributed by atoms with Crippen molar-refractivity contribution in [3.05, 3.63) is 29.8 Å². The smallest absolute Gasteiger partial charge is 0.237 e. The third kappa shape index (κ3) is 5.00. The van der Waals surface area contributed by atoms with Crippen molar-refractivity contribution in [2.45, 2.75) is 37.2 Å². The van der Waals surface area contributed by atoms with Crippen LogP contribution in [0.3, 0.4) is 0 Å². The molecule has 0 aromatic heterocycles. The second-order valence-corrected chi connectivity index (χ2v) is 6.54. The highest BCUT2D eigenvalue weighted by Gasteiger charge is 2.11. The van der Waals surface area contributed by atoms with Gasteiger partial charge in [-0.15, -0.1) is 0 Å². The van der Waals surface area contributed by atoms with E-state index in [0.717, 1.165) is 18.2 Å². The second kappa shape index (κ2) is 6.68. The van der Waals surface area contributed by atoms with Crippen LogP contribution in [0.15, 0.2) is 29.2 Å². The van der Waals surface area contributed by atoms with Crippen molar-refractivity contribution in [2.75, 3.05) is 6.26 Å². The van der Waals surface area contributed by atoms with Crippen molar-refractivity contribution in [1.82, 2.24) is 5.32 Å². The number of benzene rings is 1. The van der Waals surface area contributed by atoms with E-state index >= 15 is 0 Å². The van der Waals surface area contributed by atoms with Gasteiger partial charge in [-0.1, -0.05) is 25.5 Å². The SMILES string of the molecule is CCC[C@H](N)C(=O)NCc1ccc(S(C)(=O)=O)cc1. The average Bonchev–Trinajstić information content (AvgIpc) is 2.35. The van der Waals surface area contributed by atoms with E-state index in [2.05, 4.69) is 5.32 Å². The number of sulfone groups is 1. The molecule has 0 bridgehead atoms. The maximum Gasteiger partial charge on any atom is 0.237 e. The second-order valence-electron chi connectivity index (χ2n) is 4.53. The molecular weight excluding hydrogens is 264 g/mol. The molecule has 1 rings (SSSR count). The fourth-order valence-corrected chi connectivity index (χ4v) is 2.25. The first-order valence-corrected chi connectivity index (χ1v) is 8.06. The number of rotatable bonds is 6.